The van der Waals surface area contributed by atoms with Gasteiger partial charge in [-0.3, -0.25) is 14.4 Å². The standard InChI is InChI=1S/C28H30N4O5/c1-37-25-9-5-8-22-21(25)14-23(31-22)28(36)32-15-19(17-6-3-2-4-7-17)13-24(32)27(35)30-20(16-33)12-18-10-11-29-26(18)34/h2-9,14,16,18-20,24,31H,10-13,15H2,1H3,(H,29,34)(H,30,35)/t18-,19+,20-,24-/m0/s1. The molecule has 3 heterocycles. The highest BCUT2D eigenvalue weighted by molar-refractivity contribution is 6.02. The number of H-pyrrole nitrogens is 1. The minimum Gasteiger partial charge on any atom is -0.496 e. The van der Waals surface area contributed by atoms with E-state index in [0.29, 0.717) is 43.7 Å². The average molecular weight is 503 g/mol. The number of methoxy groups -OCH3 is 1. The minimum absolute atomic E-state index is 0.0323. The number of fused-ring (bicyclic) bond motifs is 1. The number of amides is 3. The van der Waals surface area contributed by atoms with E-state index < -0.39 is 18.0 Å². The van der Waals surface area contributed by atoms with Crippen molar-refractivity contribution in [3.05, 3.63) is 65.9 Å². The number of benzene rings is 2. The van der Waals surface area contributed by atoms with Gasteiger partial charge in [0.1, 0.15) is 23.8 Å². The normalized spacial score (nSPS) is 22.0. The maximum absolute atomic E-state index is 13.7. The number of likely N-dealkylation sites (tertiary alicyclic amines) is 1. The first-order chi connectivity index (χ1) is 18.0. The molecule has 1 aromatic heterocycles. The van der Waals surface area contributed by atoms with E-state index in [1.54, 1.807) is 18.1 Å². The highest BCUT2D eigenvalue weighted by atomic mass is 16.5. The Morgan fingerprint density at radius 1 is 1.19 bits per heavy atom. The SMILES string of the molecule is COc1cccc2[nH]c(C(=O)N3C[C@H](c4ccccc4)C[C@H]3C(=O)N[C@H](C=O)C[C@@H]3CCNC3=O)cc12. The molecule has 3 aromatic rings. The Balaban J connectivity index is 1.40. The third-order valence-electron chi connectivity index (χ3n) is 7.40. The Bertz CT molecular complexity index is 1320. The molecule has 3 N–H and O–H groups in total. The zero-order valence-corrected chi connectivity index (χ0v) is 20.6. The number of nitrogens with zero attached hydrogens (tertiary/aromatic N) is 1. The summed E-state index contributed by atoms with van der Waals surface area (Å²) in [6.45, 7) is 0.937. The molecule has 5 rings (SSSR count). The van der Waals surface area contributed by atoms with Gasteiger partial charge in [0.2, 0.25) is 11.8 Å². The Hall–Kier alpha value is -4.14. The van der Waals surface area contributed by atoms with Crippen LogP contribution in [-0.4, -0.2) is 66.2 Å². The highest BCUT2D eigenvalue weighted by Crippen LogP contribution is 2.34. The average Bonchev–Trinajstić information content (AvgIpc) is 3.66. The predicted octanol–water partition coefficient (Wildman–Crippen LogP) is 2.38. The maximum atomic E-state index is 13.7. The number of aromatic nitrogens is 1. The van der Waals surface area contributed by atoms with E-state index in [4.69, 9.17) is 4.74 Å². The fraction of sp³-hybridized carbons (Fsp3) is 0.357. The van der Waals surface area contributed by atoms with Crippen LogP contribution in [0.5, 0.6) is 5.75 Å². The molecule has 0 radical (unpaired) electrons. The van der Waals surface area contributed by atoms with Gasteiger partial charge in [0, 0.05) is 35.8 Å². The van der Waals surface area contributed by atoms with Crippen molar-refractivity contribution in [2.24, 2.45) is 5.92 Å². The second kappa shape index (κ2) is 10.5. The van der Waals surface area contributed by atoms with Gasteiger partial charge in [-0.25, -0.2) is 0 Å². The Labute approximate surface area is 214 Å². The minimum atomic E-state index is -0.800. The van der Waals surface area contributed by atoms with E-state index in [-0.39, 0.29) is 30.1 Å². The molecule has 9 nitrogen and oxygen atoms in total. The molecule has 2 saturated heterocycles. The second-order valence-corrected chi connectivity index (χ2v) is 9.68. The summed E-state index contributed by atoms with van der Waals surface area (Å²) in [5, 5.41) is 6.34. The quantitative estimate of drug-likeness (QED) is 0.409. The molecular formula is C28H30N4O5. The van der Waals surface area contributed by atoms with Crippen LogP contribution in [0, 0.1) is 5.92 Å². The molecule has 0 aliphatic carbocycles. The molecule has 37 heavy (non-hydrogen) atoms. The number of carbonyl (C=O) groups is 4. The van der Waals surface area contributed by atoms with Gasteiger partial charge in [0.05, 0.1) is 13.2 Å². The van der Waals surface area contributed by atoms with Crippen LogP contribution in [0.2, 0.25) is 0 Å². The lowest BCUT2D eigenvalue weighted by Gasteiger charge is -2.25. The van der Waals surface area contributed by atoms with Crippen LogP contribution in [0.3, 0.4) is 0 Å². The van der Waals surface area contributed by atoms with Crippen molar-refractivity contribution in [2.45, 2.75) is 37.3 Å². The monoisotopic (exact) mass is 502 g/mol. The lowest BCUT2D eigenvalue weighted by molar-refractivity contribution is -0.128. The van der Waals surface area contributed by atoms with Gasteiger partial charge < -0.3 is 30.0 Å². The number of aldehydes is 1. The molecule has 192 valence electrons. The van der Waals surface area contributed by atoms with Crippen molar-refractivity contribution in [3.63, 3.8) is 0 Å². The van der Waals surface area contributed by atoms with E-state index in [2.05, 4.69) is 15.6 Å². The first-order valence-electron chi connectivity index (χ1n) is 12.5. The van der Waals surface area contributed by atoms with Crippen molar-refractivity contribution in [1.29, 1.82) is 0 Å². The molecule has 2 aliphatic heterocycles. The van der Waals surface area contributed by atoms with Crippen molar-refractivity contribution in [3.8, 4) is 5.75 Å². The summed E-state index contributed by atoms with van der Waals surface area (Å²) >= 11 is 0. The summed E-state index contributed by atoms with van der Waals surface area (Å²) in [7, 11) is 1.58. The lowest BCUT2D eigenvalue weighted by atomic mass is 9.95. The summed E-state index contributed by atoms with van der Waals surface area (Å²) in [6.07, 6.45) is 1.97. The van der Waals surface area contributed by atoms with E-state index >= 15 is 0 Å². The topological polar surface area (TPSA) is 121 Å². The largest absolute Gasteiger partial charge is 0.496 e. The van der Waals surface area contributed by atoms with Gasteiger partial charge in [-0.2, -0.15) is 0 Å². The Morgan fingerprint density at radius 3 is 2.70 bits per heavy atom. The van der Waals surface area contributed by atoms with Crippen LogP contribution in [-0.2, 0) is 14.4 Å². The fourth-order valence-electron chi connectivity index (χ4n) is 5.45. The first-order valence-corrected chi connectivity index (χ1v) is 12.5. The summed E-state index contributed by atoms with van der Waals surface area (Å²) < 4.78 is 5.43. The molecule has 0 saturated carbocycles. The number of carbonyl (C=O) groups excluding carboxylic acids is 4. The van der Waals surface area contributed by atoms with Crippen LogP contribution in [0.1, 0.15) is 41.2 Å². The number of nitrogens with one attached hydrogen (secondary N) is 3. The smallest absolute Gasteiger partial charge is 0.271 e. The zero-order valence-electron chi connectivity index (χ0n) is 20.6. The van der Waals surface area contributed by atoms with Crippen LogP contribution < -0.4 is 15.4 Å². The number of aromatic amines is 1. The number of hydrogen-bond acceptors (Lipinski definition) is 5. The molecule has 4 atom stereocenters. The Morgan fingerprint density at radius 2 is 2.00 bits per heavy atom. The van der Waals surface area contributed by atoms with Crippen LogP contribution in [0.15, 0.2) is 54.6 Å². The van der Waals surface area contributed by atoms with Crippen molar-refractivity contribution in [1.82, 2.24) is 20.5 Å². The third kappa shape index (κ3) is 4.94. The van der Waals surface area contributed by atoms with Gasteiger partial charge in [0.25, 0.3) is 5.91 Å². The molecule has 9 heteroatoms. The van der Waals surface area contributed by atoms with Crippen LogP contribution in [0.4, 0.5) is 0 Å². The molecule has 0 unspecified atom stereocenters. The lowest BCUT2D eigenvalue weighted by Crippen LogP contribution is -2.49. The van der Waals surface area contributed by atoms with Gasteiger partial charge >= 0.3 is 0 Å². The summed E-state index contributed by atoms with van der Waals surface area (Å²) in [6, 6.07) is 15.5. The van der Waals surface area contributed by atoms with E-state index in [1.165, 1.54) is 0 Å². The molecule has 0 bridgehead atoms. The predicted molar refractivity (Wildman–Crippen MR) is 137 cm³/mol. The molecular weight excluding hydrogens is 472 g/mol. The molecule has 0 spiro atoms. The van der Waals surface area contributed by atoms with Crippen LogP contribution in [0.25, 0.3) is 10.9 Å². The summed E-state index contributed by atoms with van der Waals surface area (Å²) in [5.41, 5.74) is 2.17. The number of hydrogen-bond donors (Lipinski definition) is 3. The van der Waals surface area contributed by atoms with Gasteiger partial charge in [-0.15, -0.1) is 0 Å². The number of ether oxygens (including phenoxy) is 1. The third-order valence-corrected chi connectivity index (χ3v) is 7.40. The molecule has 2 aromatic carbocycles. The number of rotatable bonds is 8. The summed E-state index contributed by atoms with van der Waals surface area (Å²) in [5.74, 6) is -0.483. The van der Waals surface area contributed by atoms with Gasteiger partial charge in [0.15, 0.2) is 0 Å². The summed E-state index contributed by atoms with van der Waals surface area (Å²) in [4.78, 5) is 55.7. The van der Waals surface area contributed by atoms with E-state index in [0.717, 1.165) is 16.5 Å². The molecule has 3 amide bonds. The zero-order chi connectivity index (χ0) is 25.9. The van der Waals surface area contributed by atoms with Crippen molar-refractivity contribution >= 4 is 34.9 Å². The first kappa shape index (κ1) is 24.5. The van der Waals surface area contributed by atoms with Crippen molar-refractivity contribution < 1.29 is 23.9 Å². The Kier molecular flexibility index (Phi) is 6.94. The molecule has 2 fully saturated rings. The maximum Gasteiger partial charge on any atom is 0.271 e. The van der Waals surface area contributed by atoms with Gasteiger partial charge in [-0.1, -0.05) is 36.4 Å². The van der Waals surface area contributed by atoms with Gasteiger partial charge in [-0.05, 0) is 43.0 Å². The van der Waals surface area contributed by atoms with Crippen LogP contribution >= 0.6 is 0 Å². The van der Waals surface area contributed by atoms with Crippen molar-refractivity contribution in [2.75, 3.05) is 20.2 Å². The second-order valence-electron chi connectivity index (χ2n) is 9.68. The van der Waals surface area contributed by atoms with E-state index in [1.807, 2.05) is 48.5 Å². The highest BCUT2D eigenvalue weighted by Gasteiger charge is 2.41. The fourth-order valence-corrected chi connectivity index (χ4v) is 5.45. The van der Waals surface area contributed by atoms with E-state index in [9.17, 15) is 19.2 Å². The molecule has 2 aliphatic rings.